The Kier molecular flexibility index (Phi) is 5.15. The lowest BCUT2D eigenvalue weighted by molar-refractivity contribution is -0.0688. The van der Waals surface area contributed by atoms with E-state index < -0.39 is 22.9 Å². The molecule has 2 aromatic carbocycles. The van der Waals surface area contributed by atoms with Gasteiger partial charge in [-0.2, -0.15) is 13.2 Å². The van der Waals surface area contributed by atoms with Crippen LogP contribution >= 0.6 is 0 Å². The van der Waals surface area contributed by atoms with Gasteiger partial charge in [-0.25, -0.2) is 0 Å². The summed E-state index contributed by atoms with van der Waals surface area (Å²) in [4.78, 5) is 0.317. The van der Waals surface area contributed by atoms with Gasteiger partial charge >= 0.3 is 6.18 Å². The molecule has 116 valence electrons. The zero-order valence-electron chi connectivity index (χ0n) is 11.6. The van der Waals surface area contributed by atoms with Gasteiger partial charge in [0.15, 0.2) is 4.90 Å². The Morgan fingerprint density at radius 3 is 2.14 bits per heavy atom. The minimum atomic E-state index is -4.60. The zero-order valence-corrected chi connectivity index (χ0v) is 12.4. The molecule has 0 aliphatic carbocycles. The molecule has 0 amide bonds. The van der Waals surface area contributed by atoms with Gasteiger partial charge in [0.2, 0.25) is 0 Å². The lowest BCUT2D eigenvalue weighted by Gasteiger charge is -2.13. The average molecular weight is 326 g/mol. The molecule has 2 nitrogen and oxygen atoms in total. The lowest BCUT2D eigenvalue weighted by Crippen LogP contribution is -2.13. The normalized spacial score (nSPS) is 13.8. The Bertz CT molecular complexity index is 637. The number of halogens is 3. The molecule has 0 bridgehead atoms. The monoisotopic (exact) mass is 326 g/mol. The molecular weight excluding hydrogens is 313 g/mol. The van der Waals surface area contributed by atoms with Crippen molar-refractivity contribution in [2.75, 3.05) is 7.11 Å². The van der Waals surface area contributed by atoms with Gasteiger partial charge in [-0.05, 0) is 29.8 Å². The molecule has 0 fully saturated rings. The quantitative estimate of drug-likeness (QED) is 0.780. The number of hydrogen-bond acceptors (Lipinski definition) is 2. The fourth-order valence-corrected chi connectivity index (χ4v) is 2.84. The number of hydrogen-bond donors (Lipinski definition) is 0. The van der Waals surface area contributed by atoms with Crippen LogP contribution in [0.15, 0.2) is 64.9 Å². The van der Waals surface area contributed by atoms with Crippen molar-refractivity contribution >= 4 is 16.7 Å². The molecule has 0 radical (unpaired) electrons. The second-order valence-electron chi connectivity index (χ2n) is 4.37. The molecule has 0 N–H and O–H groups in total. The highest BCUT2D eigenvalue weighted by molar-refractivity contribution is 7.94. The molecule has 1 atom stereocenters. The van der Waals surface area contributed by atoms with Crippen LogP contribution in [0.5, 0.6) is 5.75 Å². The summed E-state index contributed by atoms with van der Waals surface area (Å²) in [6.45, 7) is 0. The molecule has 2 rings (SSSR count). The van der Waals surface area contributed by atoms with Crippen molar-refractivity contribution in [1.29, 1.82) is 0 Å². The van der Waals surface area contributed by atoms with Gasteiger partial charge in [-0.15, -0.1) is 0 Å². The molecule has 0 spiro atoms. The third-order valence-corrected chi connectivity index (χ3v) is 4.09. The highest BCUT2D eigenvalue weighted by atomic mass is 32.2. The average Bonchev–Trinajstić information content (AvgIpc) is 2.52. The SMILES string of the molecule is COc1ccc(C(=C[S+]([O-])c2ccccc2)C(F)(F)F)cc1. The third-order valence-electron chi connectivity index (χ3n) is 2.91. The van der Waals surface area contributed by atoms with E-state index in [1.54, 1.807) is 18.2 Å². The Hall–Kier alpha value is -1.92. The number of methoxy groups -OCH3 is 1. The van der Waals surface area contributed by atoms with Crippen molar-refractivity contribution in [2.45, 2.75) is 11.1 Å². The number of allylic oxidation sites excluding steroid dienone is 1. The molecule has 2 aromatic rings. The molecule has 0 aliphatic heterocycles. The summed E-state index contributed by atoms with van der Waals surface area (Å²) >= 11 is -1.88. The van der Waals surface area contributed by atoms with E-state index >= 15 is 0 Å². The van der Waals surface area contributed by atoms with Gasteiger partial charge < -0.3 is 9.29 Å². The predicted molar refractivity (Wildman–Crippen MR) is 79.9 cm³/mol. The van der Waals surface area contributed by atoms with Crippen LogP contribution in [0.1, 0.15) is 5.56 Å². The number of benzene rings is 2. The Balaban J connectivity index is 2.39. The van der Waals surface area contributed by atoms with Crippen molar-refractivity contribution in [3.05, 3.63) is 65.6 Å². The van der Waals surface area contributed by atoms with E-state index in [1.165, 1.54) is 43.5 Å². The van der Waals surface area contributed by atoms with Crippen LogP contribution in [0.3, 0.4) is 0 Å². The molecule has 0 saturated heterocycles. The van der Waals surface area contributed by atoms with E-state index in [9.17, 15) is 17.7 Å². The van der Waals surface area contributed by atoms with Crippen LogP contribution < -0.4 is 4.74 Å². The summed E-state index contributed by atoms with van der Waals surface area (Å²) in [7, 11) is 1.43. The van der Waals surface area contributed by atoms with Gasteiger partial charge in [0.25, 0.3) is 0 Å². The summed E-state index contributed by atoms with van der Waals surface area (Å²) in [6.07, 6.45) is -4.60. The highest BCUT2D eigenvalue weighted by Crippen LogP contribution is 2.36. The topological polar surface area (TPSA) is 32.3 Å². The van der Waals surface area contributed by atoms with Gasteiger partial charge in [0.1, 0.15) is 16.7 Å². The van der Waals surface area contributed by atoms with Gasteiger partial charge in [-0.1, -0.05) is 30.3 Å². The van der Waals surface area contributed by atoms with Crippen LogP contribution in [0.2, 0.25) is 0 Å². The largest absolute Gasteiger partial charge is 0.607 e. The second-order valence-corrected chi connectivity index (χ2v) is 5.67. The minimum absolute atomic E-state index is 0.0578. The van der Waals surface area contributed by atoms with Crippen LogP contribution in [0.4, 0.5) is 13.2 Å². The van der Waals surface area contributed by atoms with Crippen molar-refractivity contribution < 1.29 is 22.5 Å². The maximum Gasteiger partial charge on any atom is 0.421 e. The number of rotatable bonds is 4. The maximum absolute atomic E-state index is 13.2. The van der Waals surface area contributed by atoms with Crippen LogP contribution in [0, 0.1) is 0 Å². The second kappa shape index (κ2) is 6.89. The predicted octanol–water partition coefficient (Wildman–Crippen LogP) is 4.41. The van der Waals surface area contributed by atoms with Crippen molar-refractivity contribution in [3.8, 4) is 5.75 Å². The molecular formula is C16H13F3O2S. The fourth-order valence-electron chi connectivity index (χ4n) is 1.80. The lowest BCUT2D eigenvalue weighted by atomic mass is 10.1. The molecule has 0 heterocycles. The first-order valence-electron chi connectivity index (χ1n) is 6.31. The summed E-state index contributed by atoms with van der Waals surface area (Å²) in [5.74, 6) is 0.453. The molecule has 1 unspecified atom stereocenters. The number of ether oxygens (including phenoxy) is 1. The van der Waals surface area contributed by atoms with E-state index in [-0.39, 0.29) is 5.56 Å². The molecule has 6 heteroatoms. The summed E-state index contributed by atoms with van der Waals surface area (Å²) < 4.78 is 56.7. The van der Waals surface area contributed by atoms with Gasteiger partial charge in [0, 0.05) is 11.2 Å². The van der Waals surface area contributed by atoms with Crippen molar-refractivity contribution in [1.82, 2.24) is 0 Å². The highest BCUT2D eigenvalue weighted by Gasteiger charge is 2.37. The first kappa shape index (κ1) is 16.5. The summed E-state index contributed by atoms with van der Waals surface area (Å²) in [5, 5.41) is 0.733. The smallest absolute Gasteiger partial charge is 0.421 e. The standard InChI is InChI=1S/C16H13F3O2S/c1-21-13-9-7-12(8-10-13)15(16(17,18)19)11-22(20)14-5-3-2-4-6-14/h2-11H,1H3. The summed E-state index contributed by atoms with van der Waals surface area (Å²) in [5.41, 5.74) is -0.991. The van der Waals surface area contributed by atoms with Crippen molar-refractivity contribution in [2.24, 2.45) is 0 Å². The van der Waals surface area contributed by atoms with E-state index in [4.69, 9.17) is 4.74 Å². The Morgan fingerprint density at radius 2 is 1.64 bits per heavy atom. The molecule has 0 aromatic heterocycles. The first-order valence-corrected chi connectivity index (χ1v) is 7.52. The molecule has 0 aliphatic rings. The van der Waals surface area contributed by atoms with E-state index in [0.29, 0.717) is 10.6 Å². The Morgan fingerprint density at radius 1 is 1.05 bits per heavy atom. The van der Waals surface area contributed by atoms with Crippen molar-refractivity contribution in [3.63, 3.8) is 0 Å². The van der Waals surface area contributed by atoms with E-state index in [1.807, 2.05) is 0 Å². The number of alkyl halides is 3. The fraction of sp³-hybridized carbons (Fsp3) is 0.125. The van der Waals surface area contributed by atoms with E-state index in [0.717, 1.165) is 5.41 Å². The Labute approximate surface area is 129 Å². The van der Waals surface area contributed by atoms with Gasteiger partial charge in [0.05, 0.1) is 7.11 Å². The van der Waals surface area contributed by atoms with Gasteiger partial charge in [-0.3, -0.25) is 0 Å². The molecule has 0 saturated carbocycles. The van der Waals surface area contributed by atoms with Crippen LogP contribution in [0.25, 0.3) is 5.57 Å². The van der Waals surface area contributed by atoms with E-state index in [2.05, 4.69) is 0 Å². The third kappa shape index (κ3) is 4.05. The van der Waals surface area contributed by atoms with Crippen LogP contribution in [-0.2, 0) is 11.2 Å². The minimum Gasteiger partial charge on any atom is -0.607 e. The zero-order chi connectivity index (χ0) is 16.2. The maximum atomic E-state index is 13.2. The summed E-state index contributed by atoms with van der Waals surface area (Å²) in [6, 6.07) is 13.5. The molecule has 22 heavy (non-hydrogen) atoms. The van der Waals surface area contributed by atoms with Crippen LogP contribution in [-0.4, -0.2) is 17.8 Å². The first-order chi connectivity index (χ1) is 10.4.